The molecule has 2 amide bonds. The minimum Gasteiger partial charge on any atom is -0.348 e. The van der Waals surface area contributed by atoms with Crippen molar-refractivity contribution < 1.29 is 4.79 Å². The third-order valence-corrected chi connectivity index (χ3v) is 5.02. The molecule has 1 aliphatic rings. The van der Waals surface area contributed by atoms with Crippen LogP contribution in [-0.2, 0) is 13.1 Å². The molecule has 0 saturated heterocycles. The highest BCUT2D eigenvalue weighted by Gasteiger charge is 2.31. The number of hydrogen-bond donors (Lipinski definition) is 1. The van der Waals surface area contributed by atoms with Gasteiger partial charge in [-0.2, -0.15) is 0 Å². The third-order valence-electron chi connectivity index (χ3n) is 4.77. The monoisotopic (exact) mass is 365 g/mol. The van der Waals surface area contributed by atoms with E-state index in [0.29, 0.717) is 18.1 Å². The van der Waals surface area contributed by atoms with E-state index >= 15 is 0 Å². The minimum absolute atomic E-state index is 0.0544. The molecule has 0 radical (unpaired) electrons. The lowest BCUT2D eigenvalue weighted by molar-refractivity contribution is 0.168. The van der Waals surface area contributed by atoms with Crippen molar-refractivity contribution in [2.24, 2.45) is 0 Å². The summed E-state index contributed by atoms with van der Waals surface area (Å²) in [5, 5.41) is 3.75. The van der Waals surface area contributed by atoms with Gasteiger partial charge in [0.1, 0.15) is 0 Å². The number of rotatable bonds is 3. The summed E-state index contributed by atoms with van der Waals surface area (Å²) in [6, 6.07) is 21.6. The number of fused-ring (bicyclic) bond motifs is 1. The molecule has 1 N–H and O–H groups in total. The van der Waals surface area contributed by atoms with E-state index in [9.17, 15) is 4.79 Å². The largest absolute Gasteiger partial charge is 0.348 e. The predicted molar refractivity (Wildman–Crippen MR) is 103 cm³/mol. The zero-order chi connectivity index (χ0) is 17.9. The minimum atomic E-state index is -0.119. The van der Waals surface area contributed by atoms with E-state index in [1.165, 1.54) is 0 Å². The predicted octanol–water partition coefficient (Wildman–Crippen LogP) is 4.46. The highest BCUT2D eigenvalue weighted by atomic mass is 35.5. The molecule has 0 aliphatic carbocycles. The average Bonchev–Trinajstić information content (AvgIpc) is 3.16. The first kappa shape index (κ1) is 16.7. The van der Waals surface area contributed by atoms with E-state index in [1.54, 1.807) is 0 Å². The molecule has 2 heterocycles. The molecule has 1 aliphatic heterocycles. The molecule has 4 nitrogen and oxygen atoms in total. The second-order valence-electron chi connectivity index (χ2n) is 6.42. The lowest BCUT2D eigenvalue weighted by Gasteiger charge is -2.37. The summed E-state index contributed by atoms with van der Waals surface area (Å²) >= 11 is 6.05. The number of nitrogens with zero attached hydrogens (tertiary/aromatic N) is 2. The Bertz CT molecular complexity index is 889. The van der Waals surface area contributed by atoms with Crippen LogP contribution in [0.15, 0.2) is 72.9 Å². The van der Waals surface area contributed by atoms with Crippen LogP contribution in [0.3, 0.4) is 0 Å². The van der Waals surface area contributed by atoms with E-state index in [0.717, 1.165) is 23.4 Å². The van der Waals surface area contributed by atoms with Gasteiger partial charge in [0.05, 0.1) is 6.04 Å². The van der Waals surface area contributed by atoms with Crippen LogP contribution < -0.4 is 5.32 Å². The number of carbonyl (C=O) groups is 1. The van der Waals surface area contributed by atoms with Crippen LogP contribution in [0.5, 0.6) is 0 Å². The van der Waals surface area contributed by atoms with Crippen molar-refractivity contribution in [2.75, 3.05) is 6.54 Å². The zero-order valence-electron chi connectivity index (χ0n) is 14.3. The summed E-state index contributed by atoms with van der Waals surface area (Å²) in [6.45, 7) is 1.98. The number of nitrogens with one attached hydrogen (secondary N) is 1. The SMILES string of the molecule is O=C(NCc1ccccc1)N1CCn2cccc2[C@@H]1c1ccc(Cl)cc1. The molecule has 1 atom stereocenters. The van der Waals surface area contributed by atoms with Crippen molar-refractivity contribution in [3.05, 3.63) is 94.8 Å². The number of benzene rings is 2. The van der Waals surface area contributed by atoms with Crippen molar-refractivity contribution >= 4 is 17.6 Å². The number of amides is 2. The Labute approximate surface area is 158 Å². The Hall–Kier alpha value is -2.72. The van der Waals surface area contributed by atoms with Crippen molar-refractivity contribution in [2.45, 2.75) is 19.1 Å². The molecule has 26 heavy (non-hydrogen) atoms. The van der Waals surface area contributed by atoms with Gasteiger partial charge in [-0.25, -0.2) is 4.79 Å². The maximum Gasteiger partial charge on any atom is 0.318 e. The van der Waals surface area contributed by atoms with Gasteiger partial charge in [-0.3, -0.25) is 0 Å². The standard InChI is InChI=1S/C21H20ClN3O/c22-18-10-8-17(9-11-18)20-19-7-4-12-24(19)13-14-25(20)21(26)23-15-16-5-2-1-3-6-16/h1-12,20H,13-15H2,(H,23,26)/t20-/m0/s1. The van der Waals surface area contributed by atoms with Crippen LogP contribution in [0.4, 0.5) is 4.79 Å². The number of urea groups is 1. The van der Waals surface area contributed by atoms with Crippen LogP contribution in [0.1, 0.15) is 22.9 Å². The fraction of sp³-hybridized carbons (Fsp3) is 0.190. The van der Waals surface area contributed by atoms with E-state index < -0.39 is 0 Å². The maximum atomic E-state index is 12.9. The van der Waals surface area contributed by atoms with Crippen molar-refractivity contribution in [1.29, 1.82) is 0 Å². The number of carbonyl (C=O) groups excluding carboxylic acids is 1. The summed E-state index contributed by atoms with van der Waals surface area (Å²) in [6.07, 6.45) is 2.07. The van der Waals surface area contributed by atoms with E-state index in [2.05, 4.69) is 22.1 Å². The summed E-state index contributed by atoms with van der Waals surface area (Å²) < 4.78 is 2.21. The van der Waals surface area contributed by atoms with Crippen LogP contribution in [0.2, 0.25) is 5.02 Å². The van der Waals surface area contributed by atoms with Gasteiger partial charge < -0.3 is 14.8 Å². The maximum absolute atomic E-state index is 12.9. The number of hydrogen-bond acceptors (Lipinski definition) is 1. The van der Waals surface area contributed by atoms with Crippen molar-refractivity contribution in [3.8, 4) is 0 Å². The lowest BCUT2D eigenvalue weighted by Crippen LogP contribution is -2.47. The van der Waals surface area contributed by atoms with Gasteiger partial charge >= 0.3 is 6.03 Å². The van der Waals surface area contributed by atoms with Crippen molar-refractivity contribution in [3.63, 3.8) is 0 Å². The molecular weight excluding hydrogens is 346 g/mol. The first-order valence-electron chi connectivity index (χ1n) is 8.71. The lowest BCUT2D eigenvalue weighted by atomic mass is 10.0. The molecule has 0 unspecified atom stereocenters. The van der Waals surface area contributed by atoms with Crippen LogP contribution in [-0.4, -0.2) is 22.0 Å². The van der Waals surface area contributed by atoms with Gasteiger partial charge in [0.2, 0.25) is 0 Å². The zero-order valence-corrected chi connectivity index (χ0v) is 15.1. The Kier molecular flexibility index (Phi) is 4.67. The fourth-order valence-corrected chi connectivity index (χ4v) is 3.60. The topological polar surface area (TPSA) is 37.3 Å². The molecule has 4 rings (SSSR count). The van der Waals surface area contributed by atoms with Gasteiger partial charge in [-0.1, -0.05) is 54.1 Å². The number of aromatic nitrogens is 1. The van der Waals surface area contributed by atoms with Gasteiger partial charge in [0, 0.05) is 36.5 Å². The molecule has 3 aromatic rings. The Morgan fingerprint density at radius 3 is 2.54 bits per heavy atom. The molecule has 132 valence electrons. The normalized spacial score (nSPS) is 16.2. The van der Waals surface area contributed by atoms with Gasteiger partial charge in [-0.05, 0) is 35.4 Å². The van der Waals surface area contributed by atoms with Gasteiger partial charge in [0.25, 0.3) is 0 Å². The second kappa shape index (κ2) is 7.26. The second-order valence-corrected chi connectivity index (χ2v) is 6.85. The molecule has 0 saturated carbocycles. The van der Waals surface area contributed by atoms with Gasteiger partial charge in [0.15, 0.2) is 0 Å². The summed E-state index contributed by atoms with van der Waals surface area (Å²) in [5.41, 5.74) is 3.27. The van der Waals surface area contributed by atoms with Crippen LogP contribution in [0, 0.1) is 0 Å². The van der Waals surface area contributed by atoms with E-state index in [4.69, 9.17) is 11.6 Å². The molecule has 0 spiro atoms. The third kappa shape index (κ3) is 3.33. The Balaban J connectivity index is 1.59. The Morgan fingerprint density at radius 2 is 1.77 bits per heavy atom. The molecular formula is C21H20ClN3O. The highest BCUT2D eigenvalue weighted by molar-refractivity contribution is 6.30. The van der Waals surface area contributed by atoms with Crippen LogP contribution >= 0.6 is 11.6 Å². The van der Waals surface area contributed by atoms with E-state index in [-0.39, 0.29) is 12.1 Å². The quantitative estimate of drug-likeness (QED) is 0.731. The fourth-order valence-electron chi connectivity index (χ4n) is 3.47. The van der Waals surface area contributed by atoms with Crippen molar-refractivity contribution in [1.82, 2.24) is 14.8 Å². The molecule has 2 aromatic carbocycles. The van der Waals surface area contributed by atoms with E-state index in [1.807, 2.05) is 65.6 Å². The van der Waals surface area contributed by atoms with Gasteiger partial charge in [-0.15, -0.1) is 0 Å². The molecule has 1 aromatic heterocycles. The summed E-state index contributed by atoms with van der Waals surface area (Å²) in [7, 11) is 0. The molecule has 5 heteroatoms. The molecule has 0 fully saturated rings. The number of halogens is 1. The Morgan fingerprint density at radius 1 is 1.00 bits per heavy atom. The smallest absolute Gasteiger partial charge is 0.318 e. The highest BCUT2D eigenvalue weighted by Crippen LogP contribution is 2.33. The summed E-state index contributed by atoms with van der Waals surface area (Å²) in [4.78, 5) is 14.8. The average molecular weight is 366 g/mol. The summed E-state index contributed by atoms with van der Waals surface area (Å²) in [5.74, 6) is 0. The first-order valence-corrected chi connectivity index (χ1v) is 9.09. The first-order chi connectivity index (χ1) is 12.7. The molecule has 0 bridgehead atoms. The van der Waals surface area contributed by atoms with Crippen LogP contribution in [0.25, 0.3) is 0 Å².